The monoisotopic (exact) mass is 378 g/mol. The molecule has 0 saturated heterocycles. The molecular formula is C21H39BN2O3. The summed E-state index contributed by atoms with van der Waals surface area (Å²) in [5, 5.41) is 2.38. The Kier molecular flexibility index (Phi) is 7.22. The van der Waals surface area contributed by atoms with Crippen molar-refractivity contribution in [3.05, 3.63) is 0 Å². The van der Waals surface area contributed by atoms with Crippen molar-refractivity contribution >= 4 is 25.4 Å². The zero-order valence-electron chi connectivity index (χ0n) is 19.5. The van der Waals surface area contributed by atoms with Crippen molar-refractivity contribution in [3.63, 3.8) is 0 Å². The first-order chi connectivity index (χ1) is 11.6. The van der Waals surface area contributed by atoms with E-state index in [1.54, 1.807) is 11.9 Å². The Labute approximate surface area is 167 Å². The maximum atomic E-state index is 13.5. The molecule has 0 aromatic rings. The summed E-state index contributed by atoms with van der Waals surface area (Å²) < 4.78 is 0. The lowest BCUT2D eigenvalue weighted by Gasteiger charge is -2.53. The number of nitrogens with one attached hydrogen (secondary N) is 1. The van der Waals surface area contributed by atoms with Gasteiger partial charge in [-0.2, -0.15) is 0 Å². The Hall–Kier alpha value is -1.33. The van der Waals surface area contributed by atoms with E-state index in [4.69, 9.17) is 7.85 Å². The van der Waals surface area contributed by atoms with Crippen molar-refractivity contribution in [1.29, 1.82) is 0 Å². The van der Waals surface area contributed by atoms with E-state index < -0.39 is 38.9 Å². The summed E-state index contributed by atoms with van der Waals surface area (Å²) in [5.74, 6) is -1.23. The normalized spacial score (nSPS) is 13.9. The highest BCUT2D eigenvalue weighted by Gasteiger charge is 2.54. The fraction of sp³-hybridized carbons (Fsp3) is 0.857. The van der Waals surface area contributed by atoms with Gasteiger partial charge in [-0.05, 0) is 34.1 Å². The third-order valence-corrected chi connectivity index (χ3v) is 6.51. The van der Waals surface area contributed by atoms with Crippen LogP contribution in [0.5, 0.6) is 0 Å². The molecule has 154 valence electrons. The summed E-state index contributed by atoms with van der Waals surface area (Å²) in [6.45, 7) is 20.5. The van der Waals surface area contributed by atoms with E-state index in [1.807, 2.05) is 69.2 Å². The minimum atomic E-state index is -0.814. The standard InChI is InChI=1S/C21H39BN2O3/c1-14(25)15(26)23-21(10,11)20(8,9)19(6,7)16(27)24(12)18(4,5)13-17(2,3)22/h13H2,1-12H3,(H,23,26). The summed E-state index contributed by atoms with van der Waals surface area (Å²) in [4.78, 5) is 38.7. The Morgan fingerprint density at radius 1 is 0.889 bits per heavy atom. The molecule has 6 heteroatoms. The van der Waals surface area contributed by atoms with Crippen molar-refractivity contribution in [2.75, 3.05) is 7.05 Å². The van der Waals surface area contributed by atoms with E-state index in [1.165, 1.54) is 6.92 Å². The molecule has 2 amide bonds. The quantitative estimate of drug-likeness (QED) is 0.519. The van der Waals surface area contributed by atoms with Gasteiger partial charge in [-0.25, -0.2) is 0 Å². The molecule has 0 rings (SSSR count). The maximum absolute atomic E-state index is 13.5. The fourth-order valence-corrected chi connectivity index (χ4v) is 3.50. The molecule has 0 aliphatic rings. The lowest BCUT2D eigenvalue weighted by Crippen LogP contribution is -2.64. The number of carbonyl (C=O) groups excluding carboxylic acids is 3. The zero-order chi connectivity index (χ0) is 22.2. The highest BCUT2D eigenvalue weighted by molar-refractivity contribution is 6.35. The predicted octanol–water partition coefficient (Wildman–Crippen LogP) is 3.52. The molecule has 0 saturated carbocycles. The smallest absolute Gasteiger partial charge is 0.287 e. The van der Waals surface area contributed by atoms with Crippen LogP contribution in [0.1, 0.15) is 82.6 Å². The van der Waals surface area contributed by atoms with Crippen molar-refractivity contribution in [3.8, 4) is 0 Å². The van der Waals surface area contributed by atoms with Crippen LogP contribution in [0, 0.1) is 10.8 Å². The molecule has 2 radical (unpaired) electrons. The highest BCUT2D eigenvalue weighted by atomic mass is 16.2. The number of ketones is 1. The molecular weight excluding hydrogens is 339 g/mol. The largest absolute Gasteiger partial charge is 0.344 e. The summed E-state index contributed by atoms with van der Waals surface area (Å²) in [6.07, 6.45) is 0.642. The second-order valence-corrected chi connectivity index (χ2v) is 10.7. The van der Waals surface area contributed by atoms with Gasteiger partial charge in [-0.1, -0.05) is 46.9 Å². The van der Waals surface area contributed by atoms with Crippen molar-refractivity contribution in [2.45, 2.75) is 99.0 Å². The van der Waals surface area contributed by atoms with E-state index in [-0.39, 0.29) is 5.91 Å². The van der Waals surface area contributed by atoms with Crippen LogP contribution < -0.4 is 5.32 Å². The van der Waals surface area contributed by atoms with Crippen molar-refractivity contribution in [2.24, 2.45) is 10.8 Å². The van der Waals surface area contributed by atoms with Gasteiger partial charge in [0.2, 0.25) is 11.7 Å². The van der Waals surface area contributed by atoms with Gasteiger partial charge < -0.3 is 10.2 Å². The Morgan fingerprint density at radius 3 is 1.63 bits per heavy atom. The van der Waals surface area contributed by atoms with Crippen LogP contribution in [0.15, 0.2) is 0 Å². The van der Waals surface area contributed by atoms with Crippen LogP contribution in [-0.2, 0) is 14.4 Å². The van der Waals surface area contributed by atoms with Crippen molar-refractivity contribution in [1.82, 2.24) is 10.2 Å². The highest BCUT2D eigenvalue weighted by Crippen LogP contribution is 2.48. The minimum Gasteiger partial charge on any atom is -0.344 e. The number of rotatable bonds is 8. The summed E-state index contributed by atoms with van der Waals surface area (Å²) >= 11 is 0. The van der Waals surface area contributed by atoms with E-state index in [9.17, 15) is 14.4 Å². The number of hydrogen-bond donors (Lipinski definition) is 1. The number of amides is 2. The average Bonchev–Trinajstić information content (AvgIpc) is 2.41. The molecule has 0 heterocycles. The first-order valence-corrected chi connectivity index (χ1v) is 9.50. The number of hydrogen-bond acceptors (Lipinski definition) is 3. The van der Waals surface area contributed by atoms with Crippen molar-refractivity contribution < 1.29 is 14.4 Å². The number of nitrogens with zero attached hydrogens (tertiary/aromatic N) is 1. The third-order valence-electron chi connectivity index (χ3n) is 6.51. The first-order valence-electron chi connectivity index (χ1n) is 9.50. The van der Waals surface area contributed by atoms with E-state index in [0.29, 0.717) is 6.42 Å². The SMILES string of the molecule is [B]C(C)(C)CC(C)(C)N(C)C(=O)C(C)(C)C(C)(C)C(C)(C)NC(=O)C(C)=O. The molecule has 0 aliphatic carbocycles. The Bertz CT molecular complexity index is 599. The topological polar surface area (TPSA) is 66.5 Å². The molecule has 0 aromatic carbocycles. The lowest BCUT2D eigenvalue weighted by atomic mass is 9.57. The van der Waals surface area contributed by atoms with Gasteiger partial charge in [-0.15, -0.1) is 0 Å². The van der Waals surface area contributed by atoms with E-state index in [0.717, 1.165) is 0 Å². The van der Waals surface area contributed by atoms with Crippen LogP contribution in [0.25, 0.3) is 0 Å². The molecule has 0 atom stereocenters. The van der Waals surface area contributed by atoms with Gasteiger partial charge in [0.1, 0.15) is 0 Å². The lowest BCUT2D eigenvalue weighted by molar-refractivity contribution is -0.156. The van der Waals surface area contributed by atoms with Crippen LogP contribution in [-0.4, -0.2) is 48.5 Å². The third kappa shape index (κ3) is 5.58. The minimum absolute atomic E-state index is 0.0353. The first kappa shape index (κ1) is 25.7. The molecule has 0 unspecified atom stereocenters. The molecule has 0 spiro atoms. The van der Waals surface area contributed by atoms with E-state index in [2.05, 4.69) is 5.32 Å². The molecule has 0 aliphatic heterocycles. The summed E-state index contributed by atoms with van der Waals surface area (Å²) in [5.41, 5.74) is -2.68. The second kappa shape index (κ2) is 7.59. The fourth-order valence-electron chi connectivity index (χ4n) is 3.50. The van der Waals surface area contributed by atoms with Crippen LogP contribution >= 0.6 is 0 Å². The van der Waals surface area contributed by atoms with Gasteiger partial charge in [0, 0.05) is 30.5 Å². The predicted molar refractivity (Wildman–Crippen MR) is 112 cm³/mol. The van der Waals surface area contributed by atoms with Crippen LogP contribution in [0.3, 0.4) is 0 Å². The molecule has 0 bridgehead atoms. The van der Waals surface area contributed by atoms with Gasteiger partial charge in [0.05, 0.1) is 13.3 Å². The summed E-state index contributed by atoms with van der Waals surface area (Å²) in [7, 11) is 7.99. The second-order valence-electron chi connectivity index (χ2n) is 10.7. The molecule has 0 aromatic heterocycles. The zero-order valence-corrected chi connectivity index (χ0v) is 19.5. The number of Topliss-reactive ketones (excluding diaryl/α,β-unsaturated/α-hetero) is 1. The Morgan fingerprint density at radius 2 is 1.30 bits per heavy atom. The maximum Gasteiger partial charge on any atom is 0.287 e. The van der Waals surface area contributed by atoms with Gasteiger partial charge >= 0.3 is 0 Å². The molecule has 27 heavy (non-hydrogen) atoms. The Balaban J connectivity index is 5.84. The van der Waals surface area contributed by atoms with Crippen LogP contribution in [0.2, 0.25) is 5.31 Å². The summed E-state index contributed by atoms with van der Waals surface area (Å²) in [6, 6.07) is 0. The van der Waals surface area contributed by atoms with Gasteiger partial charge in [0.25, 0.3) is 5.91 Å². The van der Waals surface area contributed by atoms with E-state index >= 15 is 0 Å². The number of carbonyl (C=O) groups is 3. The van der Waals surface area contributed by atoms with Gasteiger partial charge in [-0.3, -0.25) is 14.4 Å². The molecule has 5 nitrogen and oxygen atoms in total. The van der Waals surface area contributed by atoms with Crippen LogP contribution in [0.4, 0.5) is 0 Å². The average molecular weight is 378 g/mol. The molecule has 1 N–H and O–H groups in total. The molecule has 0 fully saturated rings. The van der Waals surface area contributed by atoms with Gasteiger partial charge in [0.15, 0.2) is 0 Å².